The molecule has 0 aliphatic heterocycles. The van der Waals surface area contributed by atoms with E-state index >= 15 is 0 Å². The van der Waals surface area contributed by atoms with Crippen molar-refractivity contribution in [3.8, 4) is 17.2 Å². The molecule has 3 aromatic rings. The number of allylic oxidation sites excluding steroid dienone is 5. The summed E-state index contributed by atoms with van der Waals surface area (Å²) in [5.74, 6) is 3.89. The van der Waals surface area contributed by atoms with E-state index in [1.54, 1.807) is 27.5 Å². The van der Waals surface area contributed by atoms with Gasteiger partial charge in [-0.2, -0.15) is 0 Å². The molecule has 1 N–H and O–H groups in total. The molecule has 2 aromatic heterocycles. The van der Waals surface area contributed by atoms with Crippen LogP contribution < -0.4 is 14.2 Å². The Hall–Kier alpha value is -4.00. The maximum atomic E-state index is 6.13. The van der Waals surface area contributed by atoms with E-state index in [0.29, 0.717) is 18.8 Å². The molecule has 4 rings (SSSR count). The van der Waals surface area contributed by atoms with Gasteiger partial charge in [0.15, 0.2) is 11.5 Å². The lowest BCUT2D eigenvalue weighted by Crippen LogP contribution is -2.00. The SMILES string of the molecule is COc1ccc(COC2=CC(C)=CCC(Cc3[nH]c(C)nc3Cc3ccc(OC)c(OC)c3)=C2)nc1. The first-order valence-electron chi connectivity index (χ1n) is 11.9. The number of pyridine rings is 1. The van der Waals surface area contributed by atoms with Crippen molar-refractivity contribution in [3.05, 3.63) is 100 Å². The standard InChI is InChI=1S/C29H33N3O4/c1-19-6-7-21(13-25(12-19)36-18-23-9-10-24(33-3)17-30-23)14-26-27(32-20(2)31-26)15-22-8-11-28(34-4)29(16-22)35-5/h6,8-13,16-17H,7,14-15,18H2,1-5H3,(H,31,32). The third-order valence-corrected chi connectivity index (χ3v) is 6.03. The maximum absolute atomic E-state index is 6.13. The minimum absolute atomic E-state index is 0.389. The van der Waals surface area contributed by atoms with E-state index in [-0.39, 0.29) is 0 Å². The minimum Gasteiger partial charge on any atom is -0.495 e. The molecule has 188 valence electrons. The molecule has 36 heavy (non-hydrogen) atoms. The summed E-state index contributed by atoms with van der Waals surface area (Å²) in [6, 6.07) is 9.79. The molecule has 0 spiro atoms. The molecule has 2 heterocycles. The number of methoxy groups -OCH3 is 3. The Balaban J connectivity index is 1.50. The molecule has 0 bridgehead atoms. The number of hydrogen-bond donors (Lipinski definition) is 1. The zero-order valence-corrected chi connectivity index (χ0v) is 21.6. The number of aromatic amines is 1. The highest BCUT2D eigenvalue weighted by molar-refractivity contribution is 5.44. The van der Waals surface area contributed by atoms with E-state index in [4.69, 9.17) is 23.9 Å². The number of nitrogens with zero attached hydrogens (tertiary/aromatic N) is 2. The van der Waals surface area contributed by atoms with Gasteiger partial charge in [-0.15, -0.1) is 0 Å². The molecular formula is C29H33N3O4. The number of benzene rings is 1. The monoisotopic (exact) mass is 487 g/mol. The van der Waals surface area contributed by atoms with Gasteiger partial charge in [0.05, 0.1) is 38.9 Å². The molecule has 7 heteroatoms. The van der Waals surface area contributed by atoms with Crippen LogP contribution in [0.2, 0.25) is 0 Å². The third-order valence-electron chi connectivity index (χ3n) is 6.03. The van der Waals surface area contributed by atoms with Crippen LogP contribution in [0.5, 0.6) is 17.2 Å². The van der Waals surface area contributed by atoms with Gasteiger partial charge in [-0.3, -0.25) is 4.98 Å². The summed E-state index contributed by atoms with van der Waals surface area (Å²) < 4.78 is 22.2. The Kier molecular flexibility index (Phi) is 8.10. The summed E-state index contributed by atoms with van der Waals surface area (Å²) in [6.45, 7) is 4.47. The minimum atomic E-state index is 0.389. The smallest absolute Gasteiger partial charge is 0.160 e. The molecular weight excluding hydrogens is 454 g/mol. The summed E-state index contributed by atoms with van der Waals surface area (Å²) in [5, 5.41) is 0. The van der Waals surface area contributed by atoms with Crippen molar-refractivity contribution in [3.63, 3.8) is 0 Å². The molecule has 0 saturated heterocycles. The van der Waals surface area contributed by atoms with Gasteiger partial charge < -0.3 is 23.9 Å². The highest BCUT2D eigenvalue weighted by Crippen LogP contribution is 2.29. The van der Waals surface area contributed by atoms with Crippen LogP contribution in [-0.4, -0.2) is 36.3 Å². The van der Waals surface area contributed by atoms with E-state index < -0.39 is 0 Å². The predicted molar refractivity (Wildman–Crippen MR) is 139 cm³/mol. The van der Waals surface area contributed by atoms with Crippen LogP contribution in [0.1, 0.15) is 41.8 Å². The van der Waals surface area contributed by atoms with Crippen LogP contribution >= 0.6 is 0 Å². The van der Waals surface area contributed by atoms with Crippen molar-refractivity contribution < 1.29 is 18.9 Å². The van der Waals surface area contributed by atoms with E-state index in [2.05, 4.69) is 35.1 Å². The summed E-state index contributed by atoms with van der Waals surface area (Å²) in [5.41, 5.74) is 6.52. The predicted octanol–water partition coefficient (Wildman–Crippen LogP) is 5.65. The molecule has 1 aliphatic rings. The summed E-state index contributed by atoms with van der Waals surface area (Å²) >= 11 is 0. The van der Waals surface area contributed by atoms with Gasteiger partial charge in [0.1, 0.15) is 23.9 Å². The average molecular weight is 488 g/mol. The van der Waals surface area contributed by atoms with Crippen molar-refractivity contribution in [1.29, 1.82) is 0 Å². The average Bonchev–Trinajstić information content (AvgIpc) is 3.12. The summed E-state index contributed by atoms with van der Waals surface area (Å²) in [4.78, 5) is 12.6. The first-order chi connectivity index (χ1) is 17.5. The van der Waals surface area contributed by atoms with Crippen LogP contribution in [0.4, 0.5) is 0 Å². The molecule has 1 aliphatic carbocycles. The van der Waals surface area contributed by atoms with Gasteiger partial charge in [0.2, 0.25) is 0 Å². The second kappa shape index (κ2) is 11.6. The number of hydrogen-bond acceptors (Lipinski definition) is 6. The molecule has 0 radical (unpaired) electrons. The third kappa shape index (κ3) is 6.36. The van der Waals surface area contributed by atoms with Gasteiger partial charge >= 0.3 is 0 Å². The van der Waals surface area contributed by atoms with Crippen molar-refractivity contribution in [2.24, 2.45) is 0 Å². The Morgan fingerprint density at radius 3 is 2.47 bits per heavy atom. The second-order valence-corrected chi connectivity index (χ2v) is 8.77. The van der Waals surface area contributed by atoms with Crippen molar-refractivity contribution >= 4 is 0 Å². The highest BCUT2D eigenvalue weighted by Gasteiger charge is 2.14. The Morgan fingerprint density at radius 2 is 1.75 bits per heavy atom. The number of imidazole rings is 1. The van der Waals surface area contributed by atoms with Crippen molar-refractivity contribution in [1.82, 2.24) is 15.0 Å². The largest absolute Gasteiger partial charge is 0.495 e. The molecule has 1 aromatic carbocycles. The van der Waals surface area contributed by atoms with Gasteiger partial charge in [-0.05, 0) is 62.2 Å². The van der Waals surface area contributed by atoms with Gasteiger partial charge in [-0.25, -0.2) is 4.98 Å². The van der Waals surface area contributed by atoms with Crippen molar-refractivity contribution in [2.75, 3.05) is 21.3 Å². The summed E-state index contributed by atoms with van der Waals surface area (Å²) in [6.07, 6.45) is 10.4. The molecule has 0 atom stereocenters. The lowest BCUT2D eigenvalue weighted by molar-refractivity contribution is 0.207. The highest BCUT2D eigenvalue weighted by atomic mass is 16.5. The lowest BCUT2D eigenvalue weighted by Gasteiger charge is -2.11. The Labute approximate surface area is 212 Å². The number of ether oxygens (including phenoxy) is 4. The van der Waals surface area contributed by atoms with Crippen LogP contribution in [0.25, 0.3) is 0 Å². The zero-order valence-electron chi connectivity index (χ0n) is 21.6. The fraction of sp³-hybridized carbons (Fsp3) is 0.310. The molecule has 7 nitrogen and oxygen atoms in total. The number of aryl methyl sites for hydroxylation is 1. The molecule has 0 saturated carbocycles. The molecule has 0 unspecified atom stereocenters. The van der Waals surface area contributed by atoms with Gasteiger partial charge in [-0.1, -0.05) is 23.3 Å². The van der Waals surface area contributed by atoms with Gasteiger partial charge in [0, 0.05) is 18.5 Å². The first-order valence-corrected chi connectivity index (χ1v) is 11.9. The lowest BCUT2D eigenvalue weighted by atomic mass is 10.0. The van der Waals surface area contributed by atoms with Crippen LogP contribution in [0.3, 0.4) is 0 Å². The fourth-order valence-corrected chi connectivity index (χ4v) is 4.15. The molecule has 0 fully saturated rings. The second-order valence-electron chi connectivity index (χ2n) is 8.77. The number of H-pyrrole nitrogens is 1. The van der Waals surface area contributed by atoms with Crippen LogP contribution in [0.15, 0.2) is 71.7 Å². The zero-order chi connectivity index (χ0) is 25.5. The Morgan fingerprint density at radius 1 is 0.917 bits per heavy atom. The summed E-state index contributed by atoms with van der Waals surface area (Å²) in [7, 11) is 4.92. The number of rotatable bonds is 10. The quantitative estimate of drug-likeness (QED) is 0.398. The van der Waals surface area contributed by atoms with E-state index in [1.165, 1.54) is 11.1 Å². The van der Waals surface area contributed by atoms with Crippen LogP contribution in [0, 0.1) is 6.92 Å². The number of nitrogens with one attached hydrogen (secondary N) is 1. The Bertz CT molecular complexity index is 1290. The first kappa shape index (κ1) is 25.1. The van der Waals surface area contributed by atoms with E-state index in [0.717, 1.165) is 58.6 Å². The topological polar surface area (TPSA) is 78.5 Å². The van der Waals surface area contributed by atoms with E-state index in [1.807, 2.05) is 37.3 Å². The van der Waals surface area contributed by atoms with E-state index in [9.17, 15) is 0 Å². The number of aromatic nitrogens is 3. The maximum Gasteiger partial charge on any atom is 0.160 e. The van der Waals surface area contributed by atoms with Gasteiger partial charge in [0.25, 0.3) is 0 Å². The van der Waals surface area contributed by atoms with Crippen LogP contribution in [-0.2, 0) is 24.2 Å². The van der Waals surface area contributed by atoms with Crippen molar-refractivity contribution in [2.45, 2.75) is 39.7 Å². The fourth-order valence-electron chi connectivity index (χ4n) is 4.15. The normalized spacial score (nSPS) is 13.3. The molecule has 0 amide bonds.